The van der Waals surface area contributed by atoms with Crippen molar-refractivity contribution in [3.05, 3.63) is 60.3 Å². The van der Waals surface area contributed by atoms with Crippen LogP contribution in [0.2, 0.25) is 0 Å². The van der Waals surface area contributed by atoms with Gasteiger partial charge in [-0.05, 0) is 62.8 Å². The summed E-state index contributed by atoms with van der Waals surface area (Å²) < 4.78 is 11.9. The first kappa shape index (κ1) is 31.6. The maximum Gasteiger partial charge on any atom is 0.272 e. The zero-order valence-electron chi connectivity index (χ0n) is 26.5. The highest BCUT2D eigenvalue weighted by molar-refractivity contribution is 7.22. The van der Waals surface area contributed by atoms with E-state index in [0.29, 0.717) is 41.7 Å². The van der Waals surface area contributed by atoms with Gasteiger partial charge in [0, 0.05) is 61.7 Å². The molecule has 13 heteroatoms. The number of methoxy groups -OCH3 is 1. The Hall–Kier alpha value is -4.04. The minimum absolute atomic E-state index is 0.00225. The summed E-state index contributed by atoms with van der Waals surface area (Å²) in [6, 6.07) is 11.7. The summed E-state index contributed by atoms with van der Waals surface area (Å²) >= 11 is 1.46. The van der Waals surface area contributed by atoms with Gasteiger partial charge in [0.2, 0.25) is 11.8 Å². The number of amides is 2. The monoisotopic (exact) mass is 657 g/mol. The average molecular weight is 658 g/mol. The van der Waals surface area contributed by atoms with E-state index in [4.69, 9.17) is 9.47 Å². The van der Waals surface area contributed by atoms with Crippen molar-refractivity contribution < 1.29 is 24.2 Å². The maximum atomic E-state index is 13.1. The van der Waals surface area contributed by atoms with Crippen LogP contribution >= 0.6 is 11.3 Å². The molecule has 1 aliphatic heterocycles. The fourth-order valence-corrected chi connectivity index (χ4v) is 7.71. The third-order valence-corrected chi connectivity index (χ3v) is 10.5. The zero-order valence-corrected chi connectivity index (χ0v) is 27.4. The van der Waals surface area contributed by atoms with Gasteiger partial charge in [0.05, 0.1) is 29.5 Å². The topological polar surface area (TPSA) is 143 Å². The van der Waals surface area contributed by atoms with Gasteiger partial charge in [0.25, 0.3) is 5.91 Å². The number of fused-ring (bicyclic) bond motifs is 1. The minimum atomic E-state index is -0.403. The lowest BCUT2D eigenvalue weighted by atomic mass is 9.78. The number of aromatic nitrogens is 4. The lowest BCUT2D eigenvalue weighted by molar-refractivity contribution is -0.125. The molecule has 2 amide bonds. The Morgan fingerprint density at radius 2 is 1.89 bits per heavy atom. The van der Waals surface area contributed by atoms with Crippen LogP contribution in [0.3, 0.4) is 0 Å². The van der Waals surface area contributed by atoms with Crippen molar-refractivity contribution in [2.75, 3.05) is 32.1 Å². The van der Waals surface area contributed by atoms with E-state index in [-0.39, 0.29) is 36.5 Å². The molecule has 3 aliphatic rings. The minimum Gasteiger partial charge on any atom is -0.481 e. The fraction of sp³-hybridized carbons (Fsp3) is 0.471. The Morgan fingerprint density at radius 1 is 1.06 bits per heavy atom. The summed E-state index contributed by atoms with van der Waals surface area (Å²) in [5.41, 5.74) is 3.07. The van der Waals surface area contributed by atoms with Crippen molar-refractivity contribution in [3.63, 3.8) is 0 Å². The number of pyridine rings is 1. The van der Waals surface area contributed by atoms with Crippen molar-refractivity contribution >= 4 is 38.5 Å². The maximum absolute atomic E-state index is 13.1. The van der Waals surface area contributed by atoms with Gasteiger partial charge in [-0.3, -0.25) is 14.5 Å². The molecule has 0 unspecified atom stereocenters. The Morgan fingerprint density at radius 3 is 2.64 bits per heavy atom. The first-order valence-electron chi connectivity index (χ1n) is 16.2. The van der Waals surface area contributed by atoms with E-state index in [1.165, 1.54) is 11.3 Å². The number of nitrogens with zero attached hydrogens (tertiary/aromatic N) is 6. The van der Waals surface area contributed by atoms with E-state index in [9.17, 15) is 14.7 Å². The number of rotatable bonds is 9. The summed E-state index contributed by atoms with van der Waals surface area (Å²) in [6.07, 6.45) is 7.23. The van der Waals surface area contributed by atoms with Gasteiger partial charge in [-0.25, -0.2) is 19.9 Å². The van der Waals surface area contributed by atoms with E-state index >= 15 is 0 Å². The summed E-state index contributed by atoms with van der Waals surface area (Å²) in [6.45, 7) is 4.43. The number of hydrogen-bond acceptors (Lipinski definition) is 11. The molecule has 3 atom stereocenters. The smallest absolute Gasteiger partial charge is 0.272 e. The molecule has 3 aromatic heterocycles. The number of aliphatic hydroxyl groups is 1. The molecular weight excluding hydrogens is 618 g/mol. The van der Waals surface area contributed by atoms with Gasteiger partial charge < -0.3 is 24.8 Å². The number of ether oxygens (including phenoxy) is 2. The molecule has 4 aromatic rings. The number of piperazine rings is 1. The molecule has 2 saturated carbocycles. The number of anilines is 1. The number of nitrogens with one attached hydrogen (secondary N) is 1. The summed E-state index contributed by atoms with van der Waals surface area (Å²) in [5.74, 6) is 0.869. The Kier molecular flexibility index (Phi) is 9.13. The number of benzene rings is 1. The van der Waals surface area contributed by atoms with E-state index in [0.717, 1.165) is 60.0 Å². The highest BCUT2D eigenvalue weighted by Gasteiger charge is 2.41. The van der Waals surface area contributed by atoms with E-state index in [1.807, 2.05) is 23.1 Å². The molecule has 2 N–H and O–H groups in total. The van der Waals surface area contributed by atoms with Crippen LogP contribution in [0.25, 0.3) is 21.3 Å². The number of carbonyl (C=O) groups is 2. The van der Waals surface area contributed by atoms with Crippen molar-refractivity contribution in [1.29, 1.82) is 0 Å². The van der Waals surface area contributed by atoms with Crippen LogP contribution < -0.4 is 10.1 Å². The van der Waals surface area contributed by atoms with Gasteiger partial charge in [0.1, 0.15) is 12.3 Å². The van der Waals surface area contributed by atoms with Gasteiger partial charge in [-0.15, -0.1) is 0 Å². The number of aliphatic hydroxyl groups excluding tert-OH is 1. The molecule has 7 rings (SSSR count). The van der Waals surface area contributed by atoms with Crippen molar-refractivity contribution in [2.24, 2.45) is 5.92 Å². The molecule has 47 heavy (non-hydrogen) atoms. The largest absolute Gasteiger partial charge is 0.481 e. The van der Waals surface area contributed by atoms with Gasteiger partial charge in [-0.2, -0.15) is 0 Å². The van der Waals surface area contributed by atoms with Crippen LogP contribution in [-0.4, -0.2) is 97.7 Å². The highest BCUT2D eigenvalue weighted by Crippen LogP contribution is 2.36. The third kappa shape index (κ3) is 6.84. The van der Waals surface area contributed by atoms with E-state index in [1.54, 1.807) is 37.7 Å². The van der Waals surface area contributed by atoms with Crippen molar-refractivity contribution in [3.8, 4) is 17.0 Å². The standard InChI is InChI=1S/C34H39N7O5S/c1-20-18-40(33(44)26-5-3-8-31(37-26)45-2)11-12-41(20)24-13-22(14-24)32(43)39-34-38-25-10-9-21(15-29(25)47-34)23-16-35-30(36-17-23)19-46-28-7-4-6-27(28)42/h3,5,8-10,15-17,20,22,24,27-28,42H,4,6-7,11-14,18-19H2,1-2H3,(H,38,39,43)/t20-,22?,24?,27-,28-/m0/s1. The van der Waals surface area contributed by atoms with E-state index < -0.39 is 6.10 Å². The fourth-order valence-electron chi connectivity index (χ4n) is 6.81. The Labute approximate surface area is 277 Å². The first-order chi connectivity index (χ1) is 22.8. The molecule has 1 aromatic carbocycles. The van der Waals surface area contributed by atoms with Crippen molar-refractivity contribution in [1.82, 2.24) is 29.7 Å². The second-order valence-electron chi connectivity index (χ2n) is 12.7. The van der Waals surface area contributed by atoms with Gasteiger partial charge >= 0.3 is 0 Å². The molecule has 0 radical (unpaired) electrons. The van der Waals surface area contributed by atoms with Gasteiger partial charge in [-0.1, -0.05) is 23.5 Å². The number of hydrogen-bond donors (Lipinski definition) is 2. The molecule has 0 spiro atoms. The second kappa shape index (κ2) is 13.6. The summed E-state index contributed by atoms with van der Waals surface area (Å²) in [7, 11) is 1.54. The normalized spacial score (nSPS) is 24.7. The van der Waals surface area contributed by atoms with Crippen LogP contribution in [0.1, 0.15) is 55.3 Å². The molecule has 2 aliphatic carbocycles. The second-order valence-corrected chi connectivity index (χ2v) is 13.7. The molecular formula is C34H39N7O5S. The molecule has 1 saturated heterocycles. The predicted molar refractivity (Wildman–Crippen MR) is 177 cm³/mol. The quantitative estimate of drug-likeness (QED) is 0.270. The lowest BCUT2D eigenvalue weighted by Gasteiger charge is -2.49. The molecule has 4 heterocycles. The van der Waals surface area contributed by atoms with E-state index in [2.05, 4.69) is 37.1 Å². The van der Waals surface area contributed by atoms with Crippen molar-refractivity contribution in [2.45, 2.75) is 69.9 Å². The lowest BCUT2D eigenvalue weighted by Crippen LogP contribution is -2.60. The predicted octanol–water partition coefficient (Wildman–Crippen LogP) is 4.15. The Bertz CT molecular complexity index is 1740. The highest BCUT2D eigenvalue weighted by atomic mass is 32.1. The SMILES string of the molecule is COc1cccc(C(=O)N2CCN(C3CC(C(=O)Nc4nc5ccc(-c6cnc(CO[C@H]7CCC[C@@H]7O)nc6)cc5s4)C3)[C@@H](C)C2)n1. The first-order valence-corrected chi connectivity index (χ1v) is 17.0. The summed E-state index contributed by atoms with van der Waals surface area (Å²) in [4.78, 5) is 48.3. The van der Waals surface area contributed by atoms with Crippen LogP contribution in [0.4, 0.5) is 5.13 Å². The Balaban J connectivity index is 0.899. The van der Waals surface area contributed by atoms with Crippen LogP contribution in [0.15, 0.2) is 48.8 Å². The molecule has 0 bridgehead atoms. The van der Waals surface area contributed by atoms with Gasteiger partial charge in [0.15, 0.2) is 11.0 Å². The van der Waals surface area contributed by atoms with Crippen LogP contribution in [-0.2, 0) is 16.1 Å². The van der Waals surface area contributed by atoms with Crippen LogP contribution in [0, 0.1) is 5.92 Å². The zero-order chi connectivity index (χ0) is 32.5. The third-order valence-electron chi connectivity index (χ3n) is 9.57. The molecule has 3 fully saturated rings. The molecule has 246 valence electrons. The number of thiazole rings is 1. The molecule has 12 nitrogen and oxygen atoms in total. The van der Waals surface area contributed by atoms with Crippen LogP contribution in [0.5, 0.6) is 5.88 Å². The average Bonchev–Trinajstić information content (AvgIpc) is 3.67. The summed E-state index contributed by atoms with van der Waals surface area (Å²) in [5, 5.41) is 13.6. The number of carbonyl (C=O) groups excluding carboxylic acids is 2.